The lowest BCUT2D eigenvalue weighted by atomic mass is 9.94. The summed E-state index contributed by atoms with van der Waals surface area (Å²) in [6.45, 7) is 2.98. The molecule has 0 aliphatic carbocycles. The number of aromatic nitrogens is 1. The van der Waals surface area contributed by atoms with Crippen molar-refractivity contribution in [3.05, 3.63) is 86.9 Å². The van der Waals surface area contributed by atoms with Crippen molar-refractivity contribution in [2.24, 2.45) is 0 Å². The minimum atomic E-state index is -4.77. The van der Waals surface area contributed by atoms with E-state index >= 15 is 0 Å². The zero-order valence-electron chi connectivity index (χ0n) is 22.7. The topological polar surface area (TPSA) is 94.6 Å². The lowest BCUT2D eigenvalue weighted by Crippen LogP contribution is -2.52. The Labute approximate surface area is 240 Å². The van der Waals surface area contributed by atoms with Gasteiger partial charge in [0.2, 0.25) is 0 Å². The van der Waals surface area contributed by atoms with Crippen LogP contribution >= 0.6 is 11.3 Å². The molecular formula is C30H33F3N4O3S. The number of carbonyl (C=O) groups is 2. The molecule has 3 aromatic rings. The maximum atomic E-state index is 14.0. The summed E-state index contributed by atoms with van der Waals surface area (Å²) in [4.78, 5) is 33.1. The van der Waals surface area contributed by atoms with E-state index in [2.05, 4.69) is 15.6 Å². The fourth-order valence-corrected chi connectivity index (χ4v) is 6.61. The van der Waals surface area contributed by atoms with Crippen molar-refractivity contribution in [1.82, 2.24) is 20.5 Å². The monoisotopic (exact) mass is 586 g/mol. The maximum absolute atomic E-state index is 14.0. The Balaban J connectivity index is 1.43. The zero-order valence-corrected chi connectivity index (χ0v) is 23.5. The molecule has 0 radical (unpaired) electrons. The summed E-state index contributed by atoms with van der Waals surface area (Å²) < 4.78 is 41.9. The summed E-state index contributed by atoms with van der Waals surface area (Å²) in [5, 5.41) is 19.8. The summed E-state index contributed by atoms with van der Waals surface area (Å²) in [7, 11) is 0. The molecule has 2 saturated heterocycles. The van der Waals surface area contributed by atoms with Crippen LogP contribution in [0.3, 0.4) is 0 Å². The molecule has 7 nitrogen and oxygen atoms in total. The lowest BCUT2D eigenvalue weighted by Gasteiger charge is -2.29. The standard InChI is InChI=1S/C30H33F3N4O3S/c1-18-17-41-28(35-18)25-10-6-12-37(25)29(40)21-14-20(15-22(16-21)30(31,32)33)27(39)36-24(13-19-7-3-2-4-8-19)26(38)23-9-5-11-34-23/h2-4,7-8,14-17,23-26,34,38H,5-6,9-13H2,1H3,(H,36,39)/t23-,24+,25-,26+/m1/s1. The van der Waals surface area contributed by atoms with E-state index in [-0.39, 0.29) is 23.2 Å². The second kappa shape index (κ2) is 12.3. The van der Waals surface area contributed by atoms with Crippen LogP contribution < -0.4 is 10.6 Å². The van der Waals surface area contributed by atoms with Crippen molar-refractivity contribution in [2.75, 3.05) is 13.1 Å². The predicted octanol–water partition coefficient (Wildman–Crippen LogP) is 4.90. The number of carbonyl (C=O) groups excluding carboxylic acids is 2. The molecule has 4 atom stereocenters. The fourth-order valence-electron chi connectivity index (χ4n) is 5.66. The first-order chi connectivity index (χ1) is 19.6. The van der Waals surface area contributed by atoms with Gasteiger partial charge < -0.3 is 20.6 Å². The number of nitrogens with zero attached hydrogens (tertiary/aromatic N) is 2. The third-order valence-corrected chi connectivity index (χ3v) is 8.81. The van der Waals surface area contributed by atoms with Gasteiger partial charge in [-0.25, -0.2) is 4.98 Å². The van der Waals surface area contributed by atoms with Gasteiger partial charge in [0.25, 0.3) is 11.8 Å². The van der Waals surface area contributed by atoms with E-state index in [1.807, 2.05) is 42.6 Å². The number of benzene rings is 2. The van der Waals surface area contributed by atoms with Gasteiger partial charge in [0, 0.05) is 34.8 Å². The van der Waals surface area contributed by atoms with Gasteiger partial charge in [-0.1, -0.05) is 30.3 Å². The lowest BCUT2D eigenvalue weighted by molar-refractivity contribution is -0.137. The Morgan fingerprint density at radius 1 is 1.15 bits per heavy atom. The number of likely N-dealkylation sites (tertiary alicyclic amines) is 1. The highest BCUT2D eigenvalue weighted by atomic mass is 32.1. The van der Waals surface area contributed by atoms with Gasteiger partial charge in [-0.3, -0.25) is 9.59 Å². The molecule has 1 aromatic heterocycles. The number of amides is 2. The Kier molecular flexibility index (Phi) is 8.77. The maximum Gasteiger partial charge on any atom is 0.416 e. The van der Waals surface area contributed by atoms with Gasteiger partial charge in [-0.05, 0) is 69.3 Å². The summed E-state index contributed by atoms with van der Waals surface area (Å²) in [5.41, 5.74) is 0.123. The molecule has 2 fully saturated rings. The largest absolute Gasteiger partial charge is 0.416 e. The molecule has 3 N–H and O–H groups in total. The van der Waals surface area contributed by atoms with Gasteiger partial charge in [0.15, 0.2) is 0 Å². The quantitative estimate of drug-likeness (QED) is 0.349. The number of hydrogen-bond acceptors (Lipinski definition) is 6. The number of hydrogen-bond donors (Lipinski definition) is 3. The average molecular weight is 587 g/mol. The van der Waals surface area contributed by atoms with Crippen molar-refractivity contribution >= 4 is 23.2 Å². The number of aliphatic hydroxyl groups is 1. The number of nitrogens with one attached hydrogen (secondary N) is 2. The van der Waals surface area contributed by atoms with Crippen molar-refractivity contribution in [3.63, 3.8) is 0 Å². The predicted molar refractivity (Wildman–Crippen MR) is 150 cm³/mol. The van der Waals surface area contributed by atoms with E-state index in [0.29, 0.717) is 25.8 Å². The van der Waals surface area contributed by atoms with Crippen molar-refractivity contribution in [2.45, 2.75) is 69.4 Å². The first-order valence-electron chi connectivity index (χ1n) is 13.8. The number of aryl methyl sites for hydroxylation is 1. The molecule has 0 bridgehead atoms. The molecule has 2 aliphatic rings. The van der Waals surface area contributed by atoms with Crippen LogP contribution in [-0.4, -0.2) is 58.1 Å². The van der Waals surface area contributed by atoms with Gasteiger partial charge in [0.1, 0.15) is 5.01 Å². The van der Waals surface area contributed by atoms with Gasteiger partial charge in [-0.15, -0.1) is 11.3 Å². The second-order valence-electron chi connectivity index (χ2n) is 10.7. The van der Waals surface area contributed by atoms with Gasteiger partial charge >= 0.3 is 6.18 Å². The highest BCUT2D eigenvalue weighted by Gasteiger charge is 2.37. The van der Waals surface area contributed by atoms with E-state index in [0.717, 1.165) is 47.8 Å². The number of rotatable bonds is 8. The van der Waals surface area contributed by atoms with Crippen LogP contribution in [0.4, 0.5) is 13.2 Å². The highest BCUT2D eigenvalue weighted by Crippen LogP contribution is 2.36. The summed E-state index contributed by atoms with van der Waals surface area (Å²) in [6.07, 6.45) is -2.46. The van der Waals surface area contributed by atoms with E-state index in [1.165, 1.54) is 17.4 Å². The van der Waals surface area contributed by atoms with Crippen LogP contribution in [0.15, 0.2) is 53.9 Å². The van der Waals surface area contributed by atoms with Crippen LogP contribution in [0.25, 0.3) is 0 Å². The highest BCUT2D eigenvalue weighted by molar-refractivity contribution is 7.09. The van der Waals surface area contributed by atoms with E-state index in [9.17, 15) is 27.9 Å². The van der Waals surface area contributed by atoms with Crippen molar-refractivity contribution < 1.29 is 27.9 Å². The Morgan fingerprint density at radius 3 is 2.56 bits per heavy atom. The minimum absolute atomic E-state index is 0.206. The fraction of sp³-hybridized carbons (Fsp3) is 0.433. The van der Waals surface area contributed by atoms with Gasteiger partial charge in [0.05, 0.1) is 23.8 Å². The van der Waals surface area contributed by atoms with Crippen molar-refractivity contribution in [1.29, 1.82) is 0 Å². The molecule has 2 aromatic carbocycles. The summed E-state index contributed by atoms with van der Waals surface area (Å²) in [5.74, 6) is -1.35. The molecule has 218 valence electrons. The van der Waals surface area contributed by atoms with E-state index in [1.54, 1.807) is 4.90 Å². The number of halogens is 3. The minimum Gasteiger partial charge on any atom is -0.389 e. The third kappa shape index (κ3) is 6.79. The Morgan fingerprint density at radius 2 is 1.90 bits per heavy atom. The van der Waals surface area contributed by atoms with Crippen LogP contribution in [0, 0.1) is 6.92 Å². The molecule has 3 heterocycles. The SMILES string of the molecule is Cc1csc([C@H]2CCCN2C(=O)c2cc(C(=O)N[C@@H](Cc3ccccc3)[C@@H](O)[C@H]3CCCN3)cc(C(F)(F)F)c2)n1. The number of thiazole rings is 1. The first kappa shape index (κ1) is 29.2. The van der Waals surface area contributed by atoms with E-state index in [4.69, 9.17) is 0 Å². The third-order valence-electron chi connectivity index (χ3n) is 7.74. The molecule has 0 saturated carbocycles. The molecule has 2 aliphatic heterocycles. The number of alkyl halides is 3. The first-order valence-corrected chi connectivity index (χ1v) is 14.7. The van der Waals surface area contributed by atoms with Crippen LogP contribution in [0.1, 0.15) is 74.3 Å². The smallest absolute Gasteiger partial charge is 0.389 e. The summed E-state index contributed by atoms with van der Waals surface area (Å²) in [6, 6.07) is 10.7. The van der Waals surface area contributed by atoms with Crippen molar-refractivity contribution in [3.8, 4) is 0 Å². The molecule has 2 amide bonds. The molecule has 0 unspecified atom stereocenters. The number of aliphatic hydroxyl groups excluding tert-OH is 1. The summed E-state index contributed by atoms with van der Waals surface area (Å²) >= 11 is 1.42. The van der Waals surface area contributed by atoms with E-state index < -0.39 is 35.7 Å². The molecule has 5 rings (SSSR count). The Bertz CT molecular complexity index is 1370. The molecule has 0 spiro atoms. The van der Waals surface area contributed by atoms with Crippen LogP contribution in [0.5, 0.6) is 0 Å². The average Bonchev–Trinajstić information content (AvgIpc) is 3.74. The van der Waals surface area contributed by atoms with Gasteiger partial charge in [-0.2, -0.15) is 13.2 Å². The zero-order chi connectivity index (χ0) is 29.1. The Hall–Kier alpha value is -3.28. The molecular weight excluding hydrogens is 553 g/mol. The normalized spacial score (nSPS) is 20.7. The van der Waals surface area contributed by atoms with Crippen LogP contribution in [0.2, 0.25) is 0 Å². The molecule has 41 heavy (non-hydrogen) atoms. The second-order valence-corrected chi connectivity index (χ2v) is 11.6. The molecule has 11 heteroatoms. The van der Waals surface area contributed by atoms with Crippen LogP contribution in [-0.2, 0) is 12.6 Å².